The summed E-state index contributed by atoms with van der Waals surface area (Å²) < 4.78 is 0. The first kappa shape index (κ1) is 13.8. The summed E-state index contributed by atoms with van der Waals surface area (Å²) >= 11 is 0. The van der Waals surface area contributed by atoms with Crippen LogP contribution in [0.15, 0.2) is 18.2 Å². The number of nitro benzene ring substituents is 1. The number of benzene rings is 1. The molecule has 0 radical (unpaired) electrons. The highest BCUT2D eigenvalue weighted by Crippen LogP contribution is 2.24. The average molecular weight is 289 g/mol. The summed E-state index contributed by atoms with van der Waals surface area (Å²) in [5, 5.41) is 14.2. The normalized spacial score (nSPS) is 18.8. The Labute approximate surface area is 122 Å². The minimum absolute atomic E-state index is 0.0834. The predicted octanol–water partition coefficient (Wildman–Crippen LogP) is 2.05. The van der Waals surface area contributed by atoms with E-state index in [4.69, 9.17) is 0 Å². The summed E-state index contributed by atoms with van der Waals surface area (Å²) in [7, 11) is 0. The summed E-state index contributed by atoms with van der Waals surface area (Å²) in [5.41, 5.74) is 1.55. The van der Waals surface area contributed by atoms with Crippen molar-refractivity contribution in [2.45, 2.75) is 25.8 Å². The van der Waals surface area contributed by atoms with Gasteiger partial charge in [0, 0.05) is 31.3 Å². The van der Waals surface area contributed by atoms with Crippen molar-refractivity contribution < 1.29 is 4.92 Å². The van der Waals surface area contributed by atoms with Crippen LogP contribution in [0.1, 0.15) is 19.8 Å². The highest BCUT2D eigenvalue weighted by Gasteiger charge is 2.22. The molecule has 1 unspecified atom stereocenters. The molecule has 0 spiro atoms. The molecule has 0 saturated carbocycles. The first-order chi connectivity index (χ1) is 10.2. The monoisotopic (exact) mass is 289 g/mol. The molecule has 3 rings (SSSR count). The van der Waals surface area contributed by atoms with Gasteiger partial charge in [-0.3, -0.25) is 10.1 Å². The van der Waals surface area contributed by atoms with Crippen molar-refractivity contribution in [1.82, 2.24) is 15.3 Å². The Balaban J connectivity index is 1.92. The molecule has 1 aromatic heterocycles. The number of likely N-dealkylation sites (N-methyl/N-ethyl adjacent to an activating group) is 1. The molecule has 2 N–H and O–H groups in total. The first-order valence-electron chi connectivity index (χ1n) is 7.30. The second-order valence-corrected chi connectivity index (χ2v) is 5.31. The van der Waals surface area contributed by atoms with Crippen LogP contribution in [0.3, 0.4) is 0 Å². The third kappa shape index (κ3) is 2.69. The second-order valence-electron chi connectivity index (χ2n) is 5.31. The zero-order valence-electron chi connectivity index (χ0n) is 12.0. The lowest BCUT2D eigenvalue weighted by Gasteiger charge is -2.33. The molecule has 1 saturated heterocycles. The van der Waals surface area contributed by atoms with Crippen molar-refractivity contribution >= 4 is 22.7 Å². The molecule has 1 aliphatic rings. The van der Waals surface area contributed by atoms with Crippen molar-refractivity contribution in [1.29, 1.82) is 0 Å². The number of nitrogens with zero attached hydrogens (tertiary/aromatic N) is 3. The van der Waals surface area contributed by atoms with E-state index in [2.05, 4.69) is 27.1 Å². The van der Waals surface area contributed by atoms with Gasteiger partial charge in [-0.25, -0.2) is 4.98 Å². The van der Waals surface area contributed by atoms with Gasteiger partial charge in [0.1, 0.15) is 0 Å². The summed E-state index contributed by atoms with van der Waals surface area (Å²) in [4.78, 5) is 20.5. The topological polar surface area (TPSA) is 87.1 Å². The van der Waals surface area contributed by atoms with Crippen LogP contribution in [0.4, 0.5) is 11.6 Å². The smallest absolute Gasteiger partial charge is 0.271 e. The van der Waals surface area contributed by atoms with Crippen LogP contribution in [-0.2, 0) is 0 Å². The van der Waals surface area contributed by atoms with Crippen molar-refractivity contribution in [3.05, 3.63) is 28.3 Å². The molecule has 1 aromatic carbocycles. The summed E-state index contributed by atoms with van der Waals surface area (Å²) in [5.74, 6) is 0.793. The maximum atomic E-state index is 10.8. The number of nitro groups is 1. The number of anilines is 1. The largest absolute Gasteiger partial charge is 0.338 e. The summed E-state index contributed by atoms with van der Waals surface area (Å²) in [6.07, 6.45) is 2.30. The van der Waals surface area contributed by atoms with Gasteiger partial charge in [-0.1, -0.05) is 0 Å². The van der Waals surface area contributed by atoms with Crippen LogP contribution in [0.2, 0.25) is 0 Å². The van der Waals surface area contributed by atoms with Crippen LogP contribution in [0.25, 0.3) is 11.0 Å². The Morgan fingerprint density at radius 3 is 3.05 bits per heavy atom. The number of hydrogen-bond acceptors (Lipinski definition) is 5. The van der Waals surface area contributed by atoms with Crippen molar-refractivity contribution in [2.24, 2.45) is 0 Å². The highest BCUT2D eigenvalue weighted by molar-refractivity contribution is 5.80. The van der Waals surface area contributed by atoms with Crippen LogP contribution in [-0.4, -0.2) is 40.6 Å². The fourth-order valence-electron chi connectivity index (χ4n) is 2.91. The fourth-order valence-corrected chi connectivity index (χ4v) is 2.91. The van der Waals surface area contributed by atoms with Gasteiger partial charge in [0.15, 0.2) is 0 Å². The number of nitrogens with one attached hydrogen (secondary N) is 2. The molecule has 1 fully saturated rings. The van der Waals surface area contributed by atoms with Gasteiger partial charge < -0.3 is 15.2 Å². The van der Waals surface area contributed by atoms with E-state index in [9.17, 15) is 10.1 Å². The molecular formula is C14H19N5O2. The zero-order valence-corrected chi connectivity index (χ0v) is 12.0. The SMILES string of the molecule is CCN(c1nc2ccc([N+](=O)[O-])cc2[nH]1)C1CCCNC1. The van der Waals surface area contributed by atoms with Crippen LogP contribution < -0.4 is 10.2 Å². The molecule has 0 amide bonds. The van der Waals surface area contributed by atoms with E-state index >= 15 is 0 Å². The van der Waals surface area contributed by atoms with Gasteiger partial charge in [0.2, 0.25) is 5.95 Å². The molecule has 1 atom stereocenters. The fraction of sp³-hybridized carbons (Fsp3) is 0.500. The zero-order chi connectivity index (χ0) is 14.8. The maximum absolute atomic E-state index is 10.8. The van der Waals surface area contributed by atoms with Crippen LogP contribution in [0, 0.1) is 10.1 Å². The molecule has 7 nitrogen and oxygen atoms in total. The number of non-ortho nitro benzene ring substituents is 1. The predicted molar refractivity (Wildman–Crippen MR) is 81.7 cm³/mol. The van der Waals surface area contributed by atoms with Gasteiger partial charge in [0.25, 0.3) is 5.69 Å². The first-order valence-corrected chi connectivity index (χ1v) is 7.30. The van der Waals surface area contributed by atoms with Gasteiger partial charge in [-0.2, -0.15) is 0 Å². The lowest BCUT2D eigenvalue weighted by molar-refractivity contribution is -0.384. The molecule has 2 aromatic rings. The number of rotatable bonds is 4. The average Bonchev–Trinajstić information content (AvgIpc) is 2.91. The number of piperidine rings is 1. The minimum Gasteiger partial charge on any atom is -0.338 e. The molecule has 1 aliphatic heterocycles. The lowest BCUT2D eigenvalue weighted by Crippen LogP contribution is -2.46. The lowest BCUT2D eigenvalue weighted by atomic mass is 10.1. The Hall–Kier alpha value is -2.15. The Kier molecular flexibility index (Phi) is 3.74. The highest BCUT2D eigenvalue weighted by atomic mass is 16.6. The molecule has 7 heteroatoms. The quantitative estimate of drug-likeness (QED) is 0.664. The molecule has 0 bridgehead atoms. The number of aromatic nitrogens is 2. The minimum atomic E-state index is -0.386. The van der Waals surface area contributed by atoms with Gasteiger partial charge >= 0.3 is 0 Å². The second kappa shape index (κ2) is 5.69. The van der Waals surface area contributed by atoms with Crippen LogP contribution >= 0.6 is 0 Å². The number of aromatic amines is 1. The van der Waals surface area contributed by atoms with E-state index in [1.165, 1.54) is 6.07 Å². The number of hydrogen-bond donors (Lipinski definition) is 2. The van der Waals surface area contributed by atoms with Crippen LogP contribution in [0.5, 0.6) is 0 Å². The Morgan fingerprint density at radius 2 is 2.38 bits per heavy atom. The third-order valence-electron chi connectivity index (χ3n) is 3.99. The van der Waals surface area contributed by atoms with E-state index in [1.54, 1.807) is 12.1 Å². The molecule has 0 aliphatic carbocycles. The van der Waals surface area contributed by atoms with Gasteiger partial charge in [0.05, 0.1) is 16.0 Å². The molecule has 2 heterocycles. The van der Waals surface area contributed by atoms with Crippen molar-refractivity contribution in [3.8, 4) is 0 Å². The summed E-state index contributed by atoms with van der Waals surface area (Å²) in [6, 6.07) is 5.14. The maximum Gasteiger partial charge on any atom is 0.271 e. The van der Waals surface area contributed by atoms with Crippen molar-refractivity contribution in [3.63, 3.8) is 0 Å². The summed E-state index contributed by atoms with van der Waals surface area (Å²) in [6.45, 7) is 4.98. The van der Waals surface area contributed by atoms with E-state index in [1.807, 2.05) is 0 Å². The van der Waals surface area contributed by atoms with E-state index in [0.717, 1.165) is 43.9 Å². The third-order valence-corrected chi connectivity index (χ3v) is 3.99. The standard InChI is InChI=1S/C14H19N5O2/c1-2-18(11-4-3-7-15-9-11)14-16-12-6-5-10(19(20)21)8-13(12)17-14/h5-6,8,11,15H,2-4,7,9H2,1H3,(H,16,17). The number of imidazole rings is 1. The molecule has 21 heavy (non-hydrogen) atoms. The molecule has 112 valence electrons. The van der Waals surface area contributed by atoms with E-state index in [-0.39, 0.29) is 10.6 Å². The Morgan fingerprint density at radius 1 is 1.52 bits per heavy atom. The van der Waals surface area contributed by atoms with Gasteiger partial charge in [-0.15, -0.1) is 0 Å². The van der Waals surface area contributed by atoms with E-state index < -0.39 is 0 Å². The van der Waals surface area contributed by atoms with Gasteiger partial charge in [-0.05, 0) is 32.4 Å². The Bertz CT molecular complexity index is 648. The van der Waals surface area contributed by atoms with E-state index in [0.29, 0.717) is 11.6 Å². The van der Waals surface area contributed by atoms with Crippen molar-refractivity contribution in [2.75, 3.05) is 24.5 Å². The number of H-pyrrole nitrogens is 1. The molecular weight excluding hydrogens is 270 g/mol. The number of fused-ring (bicyclic) bond motifs is 1.